The lowest BCUT2D eigenvalue weighted by atomic mass is 10.1. The zero-order valence-corrected chi connectivity index (χ0v) is 9.39. The third-order valence-electron chi connectivity index (χ3n) is 3.02. The highest BCUT2D eigenvalue weighted by molar-refractivity contribution is 5.92. The molecule has 1 aromatic heterocycles. The first-order chi connectivity index (χ1) is 8.33. The predicted molar refractivity (Wildman–Crippen MR) is 66.3 cm³/mol. The lowest BCUT2D eigenvalue weighted by Crippen LogP contribution is -2.19. The number of hydrogen-bond acceptors (Lipinski definition) is 4. The van der Waals surface area contributed by atoms with Crippen molar-refractivity contribution in [2.45, 2.75) is 12.5 Å². The summed E-state index contributed by atoms with van der Waals surface area (Å²) in [6.45, 7) is 1.52. The Labute approximate surface area is 99.2 Å². The standard InChI is InChI=1S/C13H14N2O2/c16-11-2-1-9-3-5-14-13(12(9)7-11)15-10-4-6-17-8-10/h1-3,5,7,10,16H,4,6,8H2,(H,14,15). The van der Waals surface area contributed by atoms with Crippen molar-refractivity contribution in [1.29, 1.82) is 0 Å². The minimum absolute atomic E-state index is 0.260. The van der Waals surface area contributed by atoms with Crippen LogP contribution in [0.2, 0.25) is 0 Å². The highest BCUT2D eigenvalue weighted by Crippen LogP contribution is 2.26. The van der Waals surface area contributed by atoms with E-state index >= 15 is 0 Å². The molecule has 1 fully saturated rings. The average Bonchev–Trinajstić information content (AvgIpc) is 2.83. The summed E-state index contributed by atoms with van der Waals surface area (Å²) in [5.41, 5.74) is 0. The van der Waals surface area contributed by atoms with E-state index in [4.69, 9.17) is 4.74 Å². The molecule has 0 bridgehead atoms. The molecule has 0 radical (unpaired) electrons. The van der Waals surface area contributed by atoms with Gasteiger partial charge in [-0.05, 0) is 30.0 Å². The first kappa shape index (κ1) is 10.4. The second kappa shape index (κ2) is 4.22. The minimum atomic E-state index is 0.260. The van der Waals surface area contributed by atoms with Gasteiger partial charge in [0.05, 0.1) is 12.6 Å². The lowest BCUT2D eigenvalue weighted by Gasteiger charge is -2.13. The van der Waals surface area contributed by atoms with Crippen molar-refractivity contribution in [3.8, 4) is 5.75 Å². The van der Waals surface area contributed by atoms with Crippen LogP contribution in [0.4, 0.5) is 5.82 Å². The molecule has 1 saturated heterocycles. The van der Waals surface area contributed by atoms with Gasteiger partial charge in [0.25, 0.3) is 0 Å². The smallest absolute Gasteiger partial charge is 0.134 e. The van der Waals surface area contributed by atoms with Crippen LogP contribution in [-0.2, 0) is 4.74 Å². The fourth-order valence-corrected chi connectivity index (χ4v) is 2.11. The summed E-state index contributed by atoms with van der Waals surface area (Å²) in [5, 5.41) is 14.9. The van der Waals surface area contributed by atoms with Gasteiger partial charge in [0, 0.05) is 18.2 Å². The molecule has 2 N–H and O–H groups in total. The summed E-state index contributed by atoms with van der Waals surface area (Å²) in [6.07, 6.45) is 2.77. The molecule has 17 heavy (non-hydrogen) atoms. The number of rotatable bonds is 2. The van der Waals surface area contributed by atoms with Gasteiger partial charge >= 0.3 is 0 Å². The topological polar surface area (TPSA) is 54.4 Å². The molecule has 1 unspecified atom stereocenters. The SMILES string of the molecule is Oc1ccc2ccnc(NC3CCOC3)c2c1. The number of phenolic OH excluding ortho intramolecular Hbond substituents is 1. The van der Waals surface area contributed by atoms with E-state index < -0.39 is 0 Å². The van der Waals surface area contributed by atoms with Gasteiger partial charge in [-0.2, -0.15) is 0 Å². The van der Waals surface area contributed by atoms with Crippen LogP contribution >= 0.6 is 0 Å². The number of aromatic hydroxyl groups is 1. The Morgan fingerprint density at radius 3 is 3.12 bits per heavy atom. The quantitative estimate of drug-likeness (QED) is 0.830. The fraction of sp³-hybridized carbons (Fsp3) is 0.308. The van der Waals surface area contributed by atoms with E-state index in [1.54, 1.807) is 18.3 Å². The van der Waals surface area contributed by atoms with E-state index in [-0.39, 0.29) is 5.75 Å². The second-order valence-corrected chi connectivity index (χ2v) is 4.27. The highest BCUT2D eigenvalue weighted by atomic mass is 16.5. The summed E-state index contributed by atoms with van der Waals surface area (Å²) in [5.74, 6) is 1.07. The zero-order chi connectivity index (χ0) is 11.7. The maximum Gasteiger partial charge on any atom is 0.134 e. The fourth-order valence-electron chi connectivity index (χ4n) is 2.11. The Hall–Kier alpha value is -1.81. The van der Waals surface area contributed by atoms with Gasteiger partial charge in [0.15, 0.2) is 0 Å². The van der Waals surface area contributed by atoms with Crippen LogP contribution in [0.1, 0.15) is 6.42 Å². The number of benzene rings is 1. The number of nitrogens with one attached hydrogen (secondary N) is 1. The summed E-state index contributed by atoms with van der Waals surface area (Å²) >= 11 is 0. The van der Waals surface area contributed by atoms with E-state index in [0.717, 1.165) is 36.2 Å². The van der Waals surface area contributed by atoms with Crippen molar-refractivity contribution in [2.75, 3.05) is 18.5 Å². The third-order valence-corrected chi connectivity index (χ3v) is 3.02. The van der Waals surface area contributed by atoms with Crippen molar-refractivity contribution < 1.29 is 9.84 Å². The first-order valence-electron chi connectivity index (χ1n) is 5.75. The van der Waals surface area contributed by atoms with Crippen molar-refractivity contribution >= 4 is 16.6 Å². The molecule has 4 nitrogen and oxygen atoms in total. The molecule has 4 heteroatoms. The number of nitrogens with zero attached hydrogens (tertiary/aromatic N) is 1. The third kappa shape index (κ3) is 2.03. The molecule has 88 valence electrons. The molecular weight excluding hydrogens is 216 g/mol. The molecule has 0 saturated carbocycles. The summed E-state index contributed by atoms with van der Waals surface area (Å²) < 4.78 is 5.33. The molecule has 0 aliphatic carbocycles. The predicted octanol–water partition coefficient (Wildman–Crippen LogP) is 2.14. The molecule has 1 aromatic carbocycles. The molecule has 0 spiro atoms. The van der Waals surface area contributed by atoms with Gasteiger partial charge in [-0.15, -0.1) is 0 Å². The number of hydrogen-bond donors (Lipinski definition) is 2. The van der Waals surface area contributed by atoms with Crippen molar-refractivity contribution in [3.05, 3.63) is 30.5 Å². The highest BCUT2D eigenvalue weighted by Gasteiger charge is 2.16. The van der Waals surface area contributed by atoms with Crippen molar-refractivity contribution in [1.82, 2.24) is 4.98 Å². The summed E-state index contributed by atoms with van der Waals surface area (Å²) in [6, 6.07) is 7.56. The number of fused-ring (bicyclic) bond motifs is 1. The Bertz CT molecular complexity index is 536. The van der Waals surface area contributed by atoms with Crippen LogP contribution in [0.5, 0.6) is 5.75 Å². The Morgan fingerprint density at radius 1 is 1.35 bits per heavy atom. The molecule has 1 aliphatic rings. The summed E-state index contributed by atoms with van der Waals surface area (Å²) in [7, 11) is 0. The van der Waals surface area contributed by atoms with Gasteiger partial charge in [-0.3, -0.25) is 0 Å². The molecule has 2 heterocycles. The lowest BCUT2D eigenvalue weighted by molar-refractivity contribution is 0.195. The van der Waals surface area contributed by atoms with Crippen LogP contribution in [0.3, 0.4) is 0 Å². The van der Waals surface area contributed by atoms with Gasteiger partial charge in [0.1, 0.15) is 11.6 Å². The molecule has 1 aliphatic heterocycles. The summed E-state index contributed by atoms with van der Waals surface area (Å²) in [4.78, 5) is 4.33. The maximum atomic E-state index is 9.54. The normalized spacial score (nSPS) is 19.6. The zero-order valence-electron chi connectivity index (χ0n) is 9.39. The van der Waals surface area contributed by atoms with Crippen molar-refractivity contribution in [2.24, 2.45) is 0 Å². The van der Waals surface area contributed by atoms with E-state index in [2.05, 4.69) is 10.3 Å². The number of ether oxygens (including phenoxy) is 1. The van der Waals surface area contributed by atoms with Gasteiger partial charge in [-0.25, -0.2) is 4.98 Å². The monoisotopic (exact) mass is 230 g/mol. The van der Waals surface area contributed by atoms with Crippen LogP contribution in [-0.4, -0.2) is 29.3 Å². The number of pyridine rings is 1. The van der Waals surface area contributed by atoms with E-state index in [1.165, 1.54) is 0 Å². The number of aromatic nitrogens is 1. The van der Waals surface area contributed by atoms with Gasteiger partial charge < -0.3 is 15.2 Å². The molecule has 2 aromatic rings. The Balaban J connectivity index is 1.99. The van der Waals surface area contributed by atoms with Crippen molar-refractivity contribution in [3.63, 3.8) is 0 Å². The Kier molecular flexibility index (Phi) is 2.57. The van der Waals surface area contributed by atoms with Crippen LogP contribution in [0, 0.1) is 0 Å². The maximum absolute atomic E-state index is 9.54. The first-order valence-corrected chi connectivity index (χ1v) is 5.75. The number of phenols is 1. The molecular formula is C13H14N2O2. The largest absolute Gasteiger partial charge is 0.508 e. The second-order valence-electron chi connectivity index (χ2n) is 4.27. The molecule has 0 amide bonds. The van der Waals surface area contributed by atoms with Gasteiger partial charge in [-0.1, -0.05) is 6.07 Å². The van der Waals surface area contributed by atoms with Crippen LogP contribution in [0.15, 0.2) is 30.5 Å². The van der Waals surface area contributed by atoms with E-state index in [1.807, 2.05) is 12.1 Å². The van der Waals surface area contributed by atoms with E-state index in [9.17, 15) is 5.11 Å². The molecule has 1 atom stereocenters. The molecule has 3 rings (SSSR count). The minimum Gasteiger partial charge on any atom is -0.508 e. The number of anilines is 1. The van der Waals surface area contributed by atoms with Gasteiger partial charge in [0.2, 0.25) is 0 Å². The Morgan fingerprint density at radius 2 is 2.29 bits per heavy atom. The average molecular weight is 230 g/mol. The van der Waals surface area contributed by atoms with Crippen LogP contribution in [0.25, 0.3) is 10.8 Å². The van der Waals surface area contributed by atoms with Crippen LogP contribution < -0.4 is 5.32 Å². The van der Waals surface area contributed by atoms with E-state index in [0.29, 0.717) is 6.04 Å².